The number of hydrogen-bond acceptors (Lipinski definition) is 7. The van der Waals surface area contributed by atoms with Crippen molar-refractivity contribution in [3.05, 3.63) is 41.6 Å². The van der Waals surface area contributed by atoms with Crippen LogP contribution in [0.4, 0.5) is 21.6 Å². The molecule has 1 aromatic heterocycles. The van der Waals surface area contributed by atoms with Crippen molar-refractivity contribution in [3.63, 3.8) is 0 Å². The van der Waals surface area contributed by atoms with Crippen LogP contribution < -0.4 is 27.4 Å². The number of nitrogen functional groups attached to an aromatic ring is 1. The zero-order chi connectivity index (χ0) is 22.8. The SMILES string of the molecule is NC(=O)C1C2CC(CNCC(=O)Nc3cccc(N)c3)C(C2)C1Nc1nc(Cl)ncc1F. The number of carbonyl (C=O) groups is 2. The quantitative estimate of drug-likeness (QED) is 0.296. The minimum atomic E-state index is -0.645. The lowest BCUT2D eigenvalue weighted by atomic mass is 9.77. The van der Waals surface area contributed by atoms with Crippen molar-refractivity contribution < 1.29 is 14.0 Å². The summed E-state index contributed by atoms with van der Waals surface area (Å²) in [6.07, 6.45) is 2.60. The van der Waals surface area contributed by atoms with Crippen LogP contribution in [0.1, 0.15) is 12.8 Å². The highest BCUT2D eigenvalue weighted by molar-refractivity contribution is 6.28. The molecular formula is C21H25ClFN7O2. The number of nitrogens with zero attached hydrogens (tertiary/aromatic N) is 2. The van der Waals surface area contributed by atoms with E-state index in [-0.39, 0.29) is 47.3 Å². The second-order valence-corrected chi connectivity index (χ2v) is 8.73. The van der Waals surface area contributed by atoms with Gasteiger partial charge >= 0.3 is 0 Å². The van der Waals surface area contributed by atoms with E-state index >= 15 is 0 Å². The van der Waals surface area contributed by atoms with Gasteiger partial charge in [0.25, 0.3) is 0 Å². The van der Waals surface area contributed by atoms with Crippen molar-refractivity contribution in [1.29, 1.82) is 0 Å². The lowest BCUT2D eigenvalue weighted by molar-refractivity contribution is -0.123. The zero-order valence-electron chi connectivity index (χ0n) is 17.2. The van der Waals surface area contributed by atoms with Gasteiger partial charge in [-0.05, 0) is 66.9 Å². The van der Waals surface area contributed by atoms with E-state index in [1.165, 1.54) is 0 Å². The van der Waals surface area contributed by atoms with Gasteiger partial charge in [0.05, 0.1) is 18.7 Å². The number of fused-ring (bicyclic) bond motifs is 2. The minimum Gasteiger partial charge on any atom is -0.399 e. The van der Waals surface area contributed by atoms with Gasteiger partial charge in [-0.2, -0.15) is 4.98 Å². The minimum absolute atomic E-state index is 0.0398. The lowest BCUT2D eigenvalue weighted by Crippen LogP contribution is -2.47. The first kappa shape index (κ1) is 22.2. The van der Waals surface area contributed by atoms with Gasteiger partial charge < -0.3 is 27.4 Å². The summed E-state index contributed by atoms with van der Waals surface area (Å²) in [6.45, 7) is 0.721. The number of anilines is 3. The van der Waals surface area contributed by atoms with Crippen molar-refractivity contribution >= 4 is 40.6 Å². The molecule has 1 aromatic carbocycles. The monoisotopic (exact) mass is 461 g/mol. The van der Waals surface area contributed by atoms with Crippen molar-refractivity contribution in [2.24, 2.45) is 29.4 Å². The maximum atomic E-state index is 14.2. The average Bonchev–Trinajstić information content (AvgIpc) is 3.29. The Bertz CT molecular complexity index is 1020. The number of nitrogens with one attached hydrogen (secondary N) is 3. The van der Waals surface area contributed by atoms with E-state index < -0.39 is 17.6 Å². The number of benzene rings is 1. The Hall–Kier alpha value is -2.98. The highest BCUT2D eigenvalue weighted by Crippen LogP contribution is 2.52. The fraction of sp³-hybridized carbons (Fsp3) is 0.429. The third-order valence-electron chi connectivity index (χ3n) is 6.35. The predicted molar refractivity (Wildman–Crippen MR) is 119 cm³/mol. The molecule has 2 amide bonds. The van der Waals surface area contributed by atoms with E-state index in [1.54, 1.807) is 24.3 Å². The van der Waals surface area contributed by atoms with E-state index in [9.17, 15) is 14.0 Å². The molecule has 32 heavy (non-hydrogen) atoms. The van der Waals surface area contributed by atoms with Gasteiger partial charge in [-0.3, -0.25) is 9.59 Å². The van der Waals surface area contributed by atoms with Crippen LogP contribution in [0.15, 0.2) is 30.5 Å². The van der Waals surface area contributed by atoms with Crippen LogP contribution in [0.25, 0.3) is 0 Å². The molecular weight excluding hydrogens is 437 g/mol. The van der Waals surface area contributed by atoms with Crippen molar-refractivity contribution in [2.75, 3.05) is 29.5 Å². The van der Waals surface area contributed by atoms with Gasteiger partial charge in [0.1, 0.15) is 0 Å². The van der Waals surface area contributed by atoms with Crippen LogP contribution in [0.3, 0.4) is 0 Å². The maximum absolute atomic E-state index is 14.2. The first-order valence-corrected chi connectivity index (χ1v) is 10.8. The zero-order valence-corrected chi connectivity index (χ0v) is 18.0. The smallest absolute Gasteiger partial charge is 0.238 e. The summed E-state index contributed by atoms with van der Waals surface area (Å²) in [4.78, 5) is 31.8. The standard InChI is InChI=1S/C21H25ClFN7O2/c22-21-27-8-15(23)20(30-21)29-18-14-5-10(17(18)19(25)32)4-11(14)7-26-9-16(31)28-13-3-1-2-12(24)6-13/h1-3,6,8,10-11,14,17-18,26H,4-5,7,9,24H2,(H2,25,32)(H,28,31)(H,27,29,30). The molecule has 2 saturated carbocycles. The molecule has 0 radical (unpaired) electrons. The lowest BCUT2D eigenvalue weighted by Gasteiger charge is -2.35. The number of hydrogen-bond donors (Lipinski definition) is 5. The number of halogens is 2. The Morgan fingerprint density at radius 1 is 1.28 bits per heavy atom. The summed E-state index contributed by atoms with van der Waals surface area (Å²) >= 11 is 5.80. The molecule has 4 rings (SSSR count). The van der Waals surface area contributed by atoms with Crippen LogP contribution in [0, 0.1) is 29.5 Å². The summed E-state index contributed by atoms with van der Waals surface area (Å²) in [7, 11) is 0. The van der Waals surface area contributed by atoms with Gasteiger partial charge in [0, 0.05) is 17.4 Å². The third-order valence-corrected chi connectivity index (χ3v) is 6.53. The Kier molecular flexibility index (Phi) is 6.43. The number of nitrogens with two attached hydrogens (primary N) is 2. The van der Waals surface area contributed by atoms with E-state index in [0.717, 1.165) is 19.0 Å². The van der Waals surface area contributed by atoms with Gasteiger partial charge in [-0.25, -0.2) is 9.37 Å². The number of primary amides is 1. The highest BCUT2D eigenvalue weighted by Gasteiger charge is 2.54. The van der Waals surface area contributed by atoms with Crippen molar-refractivity contribution in [1.82, 2.24) is 15.3 Å². The summed E-state index contributed by atoms with van der Waals surface area (Å²) in [5.74, 6) is -1.32. The molecule has 0 aliphatic heterocycles. The molecule has 7 N–H and O–H groups in total. The molecule has 2 aliphatic rings. The van der Waals surface area contributed by atoms with Gasteiger partial charge in [0.2, 0.25) is 17.1 Å². The van der Waals surface area contributed by atoms with Crippen LogP contribution in [-0.2, 0) is 9.59 Å². The van der Waals surface area contributed by atoms with E-state index in [1.807, 2.05) is 0 Å². The second-order valence-electron chi connectivity index (χ2n) is 8.39. The topological polar surface area (TPSA) is 148 Å². The molecule has 170 valence electrons. The fourth-order valence-corrected chi connectivity index (χ4v) is 5.27. The largest absolute Gasteiger partial charge is 0.399 e. The Morgan fingerprint density at radius 3 is 2.84 bits per heavy atom. The summed E-state index contributed by atoms with van der Waals surface area (Å²) in [6, 6.07) is 6.60. The molecule has 5 unspecified atom stereocenters. The Balaban J connectivity index is 1.36. The number of rotatable bonds is 8. The molecule has 9 nitrogen and oxygen atoms in total. The average molecular weight is 462 g/mol. The maximum Gasteiger partial charge on any atom is 0.238 e. The summed E-state index contributed by atoms with van der Waals surface area (Å²) in [5, 5.41) is 8.95. The molecule has 11 heteroatoms. The molecule has 0 spiro atoms. The van der Waals surface area contributed by atoms with Gasteiger partial charge in [-0.15, -0.1) is 0 Å². The highest BCUT2D eigenvalue weighted by atomic mass is 35.5. The molecule has 2 bridgehead atoms. The summed E-state index contributed by atoms with van der Waals surface area (Å²) < 4.78 is 14.2. The normalized spacial score (nSPS) is 26.1. The first-order valence-electron chi connectivity index (χ1n) is 10.4. The van der Waals surface area contributed by atoms with Crippen LogP contribution >= 0.6 is 11.6 Å². The third kappa shape index (κ3) is 4.76. The van der Waals surface area contributed by atoms with Crippen molar-refractivity contribution in [2.45, 2.75) is 18.9 Å². The number of aromatic nitrogens is 2. The van der Waals surface area contributed by atoms with Crippen LogP contribution in [0.2, 0.25) is 5.28 Å². The first-order chi connectivity index (χ1) is 15.3. The number of carbonyl (C=O) groups excluding carboxylic acids is 2. The molecule has 2 aliphatic carbocycles. The Morgan fingerprint density at radius 2 is 2.09 bits per heavy atom. The molecule has 1 heterocycles. The van der Waals surface area contributed by atoms with Crippen molar-refractivity contribution in [3.8, 4) is 0 Å². The van der Waals surface area contributed by atoms with E-state index in [4.69, 9.17) is 23.1 Å². The molecule has 2 aromatic rings. The van der Waals surface area contributed by atoms with Crippen LogP contribution in [-0.4, -0.2) is 40.9 Å². The molecule has 5 atom stereocenters. The van der Waals surface area contributed by atoms with E-state index in [2.05, 4.69) is 25.9 Å². The second kappa shape index (κ2) is 9.25. The van der Waals surface area contributed by atoms with Crippen LogP contribution in [0.5, 0.6) is 0 Å². The fourth-order valence-electron chi connectivity index (χ4n) is 5.13. The number of amides is 2. The van der Waals surface area contributed by atoms with Gasteiger partial charge in [0.15, 0.2) is 11.6 Å². The van der Waals surface area contributed by atoms with Gasteiger partial charge in [-0.1, -0.05) is 6.07 Å². The summed E-state index contributed by atoms with van der Waals surface area (Å²) in [5.41, 5.74) is 12.6. The Labute approximate surface area is 189 Å². The van der Waals surface area contributed by atoms with E-state index in [0.29, 0.717) is 17.9 Å². The molecule has 2 fully saturated rings. The molecule has 0 saturated heterocycles. The predicted octanol–water partition coefficient (Wildman–Crippen LogP) is 1.62.